The standard InChI is InChI=1S/C43H53N/c1-8-14-31(15-9-2)16-12-13-17-34-28-42-41(27-32(34)10-3)39(23-25-44-42)40(26-30(5)33-18-19-33)38-21-20-35-29-43(6,7)24-22-37(35)36(38)11-4/h8-9,14-15,20-25,27-28,33,40H,1,5,10-13,16-19,26,29H2,2-4,6-7H3/b15-9-,31-14+/t40-/m0/s1. The van der Waals surface area contributed by atoms with Crippen molar-refractivity contribution in [3.05, 3.63) is 130 Å². The molecule has 1 heterocycles. The second-order valence-electron chi connectivity index (χ2n) is 13.8. The van der Waals surface area contributed by atoms with E-state index in [2.05, 4.69) is 115 Å². The summed E-state index contributed by atoms with van der Waals surface area (Å²) in [7, 11) is 0. The van der Waals surface area contributed by atoms with Crippen molar-refractivity contribution in [3.63, 3.8) is 0 Å². The molecular formula is C43H53N. The fourth-order valence-corrected chi connectivity index (χ4v) is 7.38. The summed E-state index contributed by atoms with van der Waals surface area (Å²) in [5.74, 6) is 0.982. The van der Waals surface area contributed by atoms with Crippen molar-refractivity contribution in [2.45, 2.75) is 105 Å². The molecule has 1 saturated carbocycles. The number of hydrogen-bond donors (Lipinski definition) is 0. The molecule has 0 bridgehead atoms. The molecule has 44 heavy (non-hydrogen) atoms. The molecule has 1 nitrogen and oxygen atoms in total. The number of unbranched alkanes of at least 4 members (excludes halogenated alkanes) is 1. The van der Waals surface area contributed by atoms with Gasteiger partial charge in [0.05, 0.1) is 5.52 Å². The van der Waals surface area contributed by atoms with Crippen LogP contribution in [0.3, 0.4) is 0 Å². The van der Waals surface area contributed by atoms with Crippen molar-refractivity contribution in [2.24, 2.45) is 11.3 Å². The van der Waals surface area contributed by atoms with Crippen LogP contribution in [0, 0.1) is 11.3 Å². The molecule has 1 heteroatoms. The van der Waals surface area contributed by atoms with Crippen molar-refractivity contribution in [1.82, 2.24) is 4.98 Å². The second kappa shape index (κ2) is 14.1. The molecule has 0 amide bonds. The summed E-state index contributed by atoms with van der Waals surface area (Å²) >= 11 is 0. The van der Waals surface area contributed by atoms with Gasteiger partial charge in [-0.1, -0.05) is 95.0 Å². The minimum atomic E-state index is 0.214. The Morgan fingerprint density at radius 1 is 1.05 bits per heavy atom. The van der Waals surface area contributed by atoms with E-state index in [0.29, 0.717) is 5.92 Å². The molecule has 1 fully saturated rings. The van der Waals surface area contributed by atoms with Crippen LogP contribution in [0.25, 0.3) is 17.0 Å². The summed E-state index contributed by atoms with van der Waals surface area (Å²) < 4.78 is 0. The molecule has 230 valence electrons. The smallest absolute Gasteiger partial charge is 0.0707 e. The largest absolute Gasteiger partial charge is 0.256 e. The van der Waals surface area contributed by atoms with Crippen molar-refractivity contribution >= 4 is 17.0 Å². The van der Waals surface area contributed by atoms with Crippen LogP contribution in [-0.4, -0.2) is 4.98 Å². The third-order valence-electron chi connectivity index (χ3n) is 9.91. The van der Waals surface area contributed by atoms with Gasteiger partial charge in [-0.3, -0.25) is 4.98 Å². The lowest BCUT2D eigenvalue weighted by molar-refractivity contribution is 0.474. The van der Waals surface area contributed by atoms with Gasteiger partial charge >= 0.3 is 0 Å². The van der Waals surface area contributed by atoms with Crippen molar-refractivity contribution in [3.8, 4) is 0 Å². The van der Waals surface area contributed by atoms with E-state index in [0.717, 1.165) is 44.0 Å². The number of pyridine rings is 1. The van der Waals surface area contributed by atoms with Crippen LogP contribution in [0.1, 0.15) is 118 Å². The lowest BCUT2D eigenvalue weighted by Crippen LogP contribution is -2.18. The number of hydrogen-bond acceptors (Lipinski definition) is 1. The minimum Gasteiger partial charge on any atom is -0.256 e. The average Bonchev–Trinajstić information content (AvgIpc) is 3.86. The van der Waals surface area contributed by atoms with Gasteiger partial charge in [-0.25, -0.2) is 0 Å². The van der Waals surface area contributed by atoms with Crippen LogP contribution < -0.4 is 0 Å². The summed E-state index contributed by atoms with van der Waals surface area (Å²) in [5, 5.41) is 1.32. The average molecular weight is 584 g/mol. The molecular weight excluding hydrogens is 530 g/mol. The zero-order valence-corrected chi connectivity index (χ0v) is 28.0. The molecule has 0 saturated heterocycles. The Morgan fingerprint density at radius 2 is 1.86 bits per heavy atom. The highest BCUT2D eigenvalue weighted by atomic mass is 14.6. The number of nitrogens with zero attached hydrogens (tertiary/aromatic N) is 1. The van der Waals surface area contributed by atoms with Gasteiger partial charge in [-0.2, -0.15) is 0 Å². The lowest BCUT2D eigenvalue weighted by atomic mass is 9.74. The second-order valence-corrected chi connectivity index (χ2v) is 13.8. The van der Waals surface area contributed by atoms with Crippen molar-refractivity contribution < 1.29 is 0 Å². The van der Waals surface area contributed by atoms with E-state index < -0.39 is 0 Å². The van der Waals surface area contributed by atoms with E-state index in [1.807, 2.05) is 6.08 Å². The van der Waals surface area contributed by atoms with E-state index in [1.165, 1.54) is 81.2 Å². The first-order valence-corrected chi connectivity index (χ1v) is 17.1. The third-order valence-corrected chi connectivity index (χ3v) is 9.91. The number of rotatable bonds is 14. The van der Waals surface area contributed by atoms with Crippen LogP contribution in [0.4, 0.5) is 0 Å². The maximum atomic E-state index is 4.95. The highest BCUT2D eigenvalue weighted by Gasteiger charge is 2.30. The molecule has 0 N–H and O–H groups in total. The quantitative estimate of drug-likeness (QED) is 0.104. The Balaban J connectivity index is 1.52. The molecule has 5 rings (SSSR count). The molecule has 0 unspecified atom stereocenters. The number of benzene rings is 2. The molecule has 0 aliphatic heterocycles. The zero-order chi connectivity index (χ0) is 31.3. The maximum Gasteiger partial charge on any atom is 0.0707 e. The highest BCUT2D eigenvalue weighted by molar-refractivity contribution is 5.85. The Bertz CT molecular complexity index is 1600. The van der Waals surface area contributed by atoms with Gasteiger partial charge in [-0.15, -0.1) is 0 Å². The molecule has 3 aromatic rings. The molecule has 0 radical (unpaired) electrons. The summed E-state index contributed by atoms with van der Waals surface area (Å²) in [4.78, 5) is 4.95. The van der Waals surface area contributed by atoms with E-state index >= 15 is 0 Å². The molecule has 2 aliphatic rings. The van der Waals surface area contributed by atoms with Crippen molar-refractivity contribution in [1.29, 1.82) is 0 Å². The SMILES string of the molecule is C=C/C=C(\C=C/C)CCCCc1cc2nccc([C@@H](CC(=C)C3CC3)c3ccc4c(c3CC)C=CC(C)(C)C4)c2cc1CC. The lowest BCUT2D eigenvalue weighted by Gasteiger charge is -2.30. The van der Waals surface area contributed by atoms with Crippen molar-refractivity contribution in [2.75, 3.05) is 0 Å². The first-order chi connectivity index (χ1) is 21.3. The Morgan fingerprint density at radius 3 is 2.57 bits per heavy atom. The summed E-state index contributed by atoms with van der Waals surface area (Å²) in [5.41, 5.74) is 14.4. The summed E-state index contributed by atoms with van der Waals surface area (Å²) in [6.45, 7) is 19.9. The molecule has 2 aliphatic carbocycles. The zero-order valence-electron chi connectivity index (χ0n) is 28.0. The summed E-state index contributed by atoms with van der Waals surface area (Å²) in [6.07, 6.45) is 26.6. The van der Waals surface area contributed by atoms with E-state index in [-0.39, 0.29) is 11.3 Å². The maximum absolute atomic E-state index is 4.95. The first-order valence-electron chi connectivity index (χ1n) is 17.1. The van der Waals surface area contributed by atoms with Crippen LogP contribution in [0.15, 0.2) is 91.2 Å². The van der Waals surface area contributed by atoms with E-state index in [1.54, 1.807) is 0 Å². The number of fused-ring (bicyclic) bond motifs is 2. The van der Waals surface area contributed by atoms with Gasteiger partial charge in [-0.05, 0) is 145 Å². The first kappa shape index (κ1) is 32.0. The minimum absolute atomic E-state index is 0.214. The molecule has 1 atom stereocenters. The van der Waals surface area contributed by atoms with Crippen LogP contribution in [0.2, 0.25) is 0 Å². The fraction of sp³-hybridized carbons (Fsp3) is 0.419. The van der Waals surface area contributed by atoms with Crippen LogP contribution in [-0.2, 0) is 25.7 Å². The van der Waals surface area contributed by atoms with Crippen LogP contribution >= 0.6 is 0 Å². The van der Waals surface area contributed by atoms with Gasteiger partial charge < -0.3 is 0 Å². The molecule has 0 spiro atoms. The van der Waals surface area contributed by atoms with E-state index in [4.69, 9.17) is 4.98 Å². The van der Waals surface area contributed by atoms with E-state index in [9.17, 15) is 0 Å². The highest BCUT2D eigenvalue weighted by Crippen LogP contribution is 2.45. The normalized spacial score (nSPS) is 16.8. The monoisotopic (exact) mass is 583 g/mol. The predicted molar refractivity (Wildman–Crippen MR) is 192 cm³/mol. The van der Waals surface area contributed by atoms with Gasteiger partial charge in [0.2, 0.25) is 0 Å². The molecule has 1 aromatic heterocycles. The van der Waals surface area contributed by atoms with Gasteiger partial charge in [0.25, 0.3) is 0 Å². The van der Waals surface area contributed by atoms with Gasteiger partial charge in [0.1, 0.15) is 0 Å². The topological polar surface area (TPSA) is 12.9 Å². The van der Waals surface area contributed by atoms with Gasteiger partial charge in [0.15, 0.2) is 0 Å². The predicted octanol–water partition coefficient (Wildman–Crippen LogP) is 11.8. The third kappa shape index (κ3) is 7.26. The Kier molecular flexibility index (Phi) is 10.2. The fourth-order valence-electron chi connectivity index (χ4n) is 7.38. The Labute approximate surface area is 267 Å². The number of aromatic nitrogens is 1. The Hall–Kier alpha value is -3.45. The van der Waals surface area contributed by atoms with Gasteiger partial charge in [0, 0.05) is 17.5 Å². The molecule has 2 aromatic carbocycles. The number of allylic oxidation sites excluding steroid dienone is 7. The number of aryl methyl sites for hydroxylation is 2. The summed E-state index contributed by atoms with van der Waals surface area (Å²) in [6, 6.07) is 12.1. The van der Waals surface area contributed by atoms with Crippen LogP contribution in [0.5, 0.6) is 0 Å².